The fourth-order valence-corrected chi connectivity index (χ4v) is 3.70. The summed E-state index contributed by atoms with van der Waals surface area (Å²) in [5, 5.41) is 14.2. The van der Waals surface area contributed by atoms with E-state index in [1.165, 1.54) is 23.0 Å². The van der Waals surface area contributed by atoms with Crippen molar-refractivity contribution < 1.29 is 13.9 Å². The summed E-state index contributed by atoms with van der Waals surface area (Å²) in [6.45, 7) is 1.77. The largest absolute Gasteiger partial charge is 0.489 e. The van der Waals surface area contributed by atoms with Gasteiger partial charge in [-0.15, -0.1) is 0 Å². The molecule has 0 radical (unpaired) electrons. The molecule has 3 aromatic rings. The first-order chi connectivity index (χ1) is 14.0. The minimum Gasteiger partial charge on any atom is -0.489 e. The molecule has 2 aromatic heterocycles. The van der Waals surface area contributed by atoms with E-state index >= 15 is 0 Å². The second-order valence-corrected chi connectivity index (χ2v) is 7.23. The number of hydrogen-bond acceptors (Lipinski definition) is 7. The van der Waals surface area contributed by atoms with E-state index in [9.17, 15) is 9.65 Å². The van der Waals surface area contributed by atoms with Gasteiger partial charge in [0.05, 0.1) is 23.1 Å². The maximum absolute atomic E-state index is 13.9. The fraction of sp³-hybridized carbons (Fsp3) is 0.300. The molecule has 3 unspecified atom stereocenters. The van der Waals surface area contributed by atoms with E-state index in [1.54, 1.807) is 20.0 Å². The standard InChI is InChI=1S/C20H17FN6O2/c1-9-11-5-10(21)3-4-15(11)29-16-6-12(16)18-17(14(7-22)27(2)26-18)13-8-24-19(23)20(25-13)28-9/h3-5,8-9,12,16H,6H2,1-2H3,(H2,23,24). The molecule has 3 atom stereocenters. The molecule has 146 valence electrons. The Balaban J connectivity index is 1.73. The highest BCUT2D eigenvalue weighted by molar-refractivity contribution is 5.70. The smallest absolute Gasteiger partial charge is 0.258 e. The Kier molecular flexibility index (Phi) is 3.71. The van der Waals surface area contributed by atoms with Crippen LogP contribution in [0.1, 0.15) is 42.3 Å². The fourth-order valence-electron chi connectivity index (χ4n) is 3.70. The molecule has 1 saturated carbocycles. The Morgan fingerprint density at radius 2 is 2.17 bits per heavy atom. The third-order valence-corrected chi connectivity index (χ3v) is 5.26. The van der Waals surface area contributed by atoms with Crippen LogP contribution < -0.4 is 15.2 Å². The highest BCUT2D eigenvalue weighted by Gasteiger charge is 2.46. The highest BCUT2D eigenvalue weighted by Crippen LogP contribution is 2.48. The van der Waals surface area contributed by atoms with Crippen LogP contribution in [-0.2, 0) is 7.05 Å². The minimum atomic E-state index is -0.576. The number of nitrogens with zero attached hydrogens (tertiary/aromatic N) is 5. The molecule has 0 spiro atoms. The second-order valence-electron chi connectivity index (χ2n) is 7.23. The van der Waals surface area contributed by atoms with Crippen LogP contribution in [0.4, 0.5) is 10.2 Å². The van der Waals surface area contributed by atoms with E-state index in [2.05, 4.69) is 21.1 Å². The van der Waals surface area contributed by atoms with Gasteiger partial charge in [-0.05, 0) is 31.5 Å². The van der Waals surface area contributed by atoms with Crippen LogP contribution >= 0.6 is 0 Å². The van der Waals surface area contributed by atoms with E-state index in [0.29, 0.717) is 28.3 Å². The molecule has 1 aromatic carbocycles. The summed E-state index contributed by atoms with van der Waals surface area (Å²) in [7, 11) is 1.71. The summed E-state index contributed by atoms with van der Waals surface area (Å²) in [6.07, 6.45) is 1.53. The number of nitrogens with two attached hydrogens (primary N) is 1. The Bertz CT molecular complexity index is 1180. The van der Waals surface area contributed by atoms with Crippen LogP contribution in [-0.4, -0.2) is 25.9 Å². The molecule has 2 N–H and O–H groups in total. The second kappa shape index (κ2) is 6.17. The molecule has 29 heavy (non-hydrogen) atoms. The SMILES string of the molecule is CC1Oc2nc(cnc2N)-c2c(nn(C)c2C#N)C2CC2Oc2ccc(F)cc21. The van der Waals surface area contributed by atoms with Gasteiger partial charge >= 0.3 is 0 Å². The van der Waals surface area contributed by atoms with E-state index in [4.69, 9.17) is 15.2 Å². The van der Waals surface area contributed by atoms with Gasteiger partial charge < -0.3 is 15.2 Å². The van der Waals surface area contributed by atoms with Gasteiger partial charge in [0, 0.05) is 18.5 Å². The number of halogens is 1. The van der Waals surface area contributed by atoms with Gasteiger partial charge in [-0.1, -0.05) is 0 Å². The predicted molar refractivity (Wildman–Crippen MR) is 101 cm³/mol. The molecule has 0 amide bonds. The Morgan fingerprint density at radius 3 is 2.97 bits per heavy atom. The lowest BCUT2D eigenvalue weighted by Crippen LogP contribution is -2.12. The number of anilines is 1. The number of hydrogen-bond donors (Lipinski definition) is 1. The molecule has 8 nitrogen and oxygen atoms in total. The van der Waals surface area contributed by atoms with Crippen molar-refractivity contribution in [3.05, 3.63) is 47.2 Å². The summed E-state index contributed by atoms with van der Waals surface area (Å²) in [6, 6.07) is 6.52. The average molecular weight is 392 g/mol. The van der Waals surface area contributed by atoms with E-state index in [-0.39, 0.29) is 29.5 Å². The lowest BCUT2D eigenvalue weighted by molar-refractivity contribution is 0.206. The Hall–Kier alpha value is -3.67. The van der Waals surface area contributed by atoms with Crippen LogP contribution in [0.15, 0.2) is 24.4 Å². The van der Waals surface area contributed by atoms with Crippen LogP contribution in [0.3, 0.4) is 0 Å². The topological polar surface area (TPSA) is 112 Å². The third-order valence-electron chi connectivity index (χ3n) is 5.26. The molecule has 1 aliphatic carbocycles. The van der Waals surface area contributed by atoms with E-state index in [0.717, 1.165) is 12.1 Å². The number of aromatic nitrogens is 4. The number of ether oxygens (including phenoxy) is 2. The van der Waals surface area contributed by atoms with Crippen molar-refractivity contribution >= 4 is 5.82 Å². The summed E-state index contributed by atoms with van der Waals surface area (Å²) in [5.41, 5.74) is 8.68. The normalized spacial score (nSPS) is 21.8. The molecule has 2 bridgehead atoms. The Morgan fingerprint density at radius 1 is 1.34 bits per heavy atom. The van der Waals surface area contributed by atoms with Crippen molar-refractivity contribution in [1.29, 1.82) is 5.26 Å². The van der Waals surface area contributed by atoms with Crippen molar-refractivity contribution in [3.63, 3.8) is 0 Å². The van der Waals surface area contributed by atoms with Crippen LogP contribution in [0, 0.1) is 17.1 Å². The van der Waals surface area contributed by atoms with Crippen molar-refractivity contribution in [1.82, 2.24) is 19.7 Å². The number of aryl methyl sites for hydroxylation is 1. The molecule has 9 heteroatoms. The van der Waals surface area contributed by atoms with E-state index in [1.807, 2.05) is 0 Å². The molecular weight excluding hydrogens is 375 g/mol. The van der Waals surface area contributed by atoms with Gasteiger partial charge in [-0.25, -0.2) is 14.4 Å². The zero-order valence-corrected chi connectivity index (χ0v) is 15.8. The first kappa shape index (κ1) is 17.4. The summed E-state index contributed by atoms with van der Waals surface area (Å²) in [4.78, 5) is 8.72. The van der Waals surface area contributed by atoms with E-state index < -0.39 is 6.10 Å². The summed E-state index contributed by atoms with van der Waals surface area (Å²) < 4.78 is 27.5. The number of rotatable bonds is 0. The molecule has 5 rings (SSSR count). The Labute approximate surface area is 165 Å². The molecular formula is C20H17FN6O2. The van der Waals surface area contributed by atoms with Gasteiger partial charge in [0.25, 0.3) is 5.88 Å². The summed E-state index contributed by atoms with van der Waals surface area (Å²) in [5.74, 6) is 0.352. The van der Waals surface area contributed by atoms with Crippen molar-refractivity contribution in [3.8, 4) is 29.0 Å². The summed E-state index contributed by atoms with van der Waals surface area (Å²) >= 11 is 0. The van der Waals surface area contributed by atoms with Crippen molar-refractivity contribution in [2.75, 3.05) is 5.73 Å². The van der Waals surface area contributed by atoms with Crippen LogP contribution in [0.25, 0.3) is 11.3 Å². The zero-order valence-electron chi connectivity index (χ0n) is 15.8. The molecule has 1 aliphatic heterocycles. The first-order valence-electron chi connectivity index (χ1n) is 9.19. The quantitative estimate of drug-likeness (QED) is 0.626. The molecule has 0 saturated heterocycles. The van der Waals surface area contributed by atoms with Gasteiger partial charge in [0.2, 0.25) is 0 Å². The highest BCUT2D eigenvalue weighted by atomic mass is 19.1. The monoisotopic (exact) mass is 392 g/mol. The lowest BCUT2D eigenvalue weighted by Gasteiger charge is -2.20. The van der Waals surface area contributed by atoms with Crippen LogP contribution in [0.5, 0.6) is 11.6 Å². The first-order valence-corrected chi connectivity index (χ1v) is 9.19. The minimum absolute atomic E-state index is 0.00495. The lowest BCUT2D eigenvalue weighted by atomic mass is 10.1. The average Bonchev–Trinajstić information content (AvgIpc) is 3.37. The van der Waals surface area contributed by atoms with Gasteiger partial charge in [0.15, 0.2) is 5.82 Å². The molecule has 2 aliphatic rings. The maximum atomic E-state index is 13.9. The van der Waals surface area contributed by atoms with Gasteiger partial charge in [-0.2, -0.15) is 10.4 Å². The van der Waals surface area contributed by atoms with Crippen LogP contribution in [0.2, 0.25) is 0 Å². The number of nitriles is 1. The zero-order chi connectivity index (χ0) is 20.3. The number of benzene rings is 1. The number of nitrogen functional groups attached to an aromatic ring is 1. The molecule has 3 heterocycles. The van der Waals surface area contributed by atoms with Crippen molar-refractivity contribution in [2.45, 2.75) is 31.5 Å². The molecule has 1 fully saturated rings. The number of fused-ring (bicyclic) bond motifs is 7. The maximum Gasteiger partial charge on any atom is 0.258 e. The van der Waals surface area contributed by atoms with Gasteiger partial charge in [0.1, 0.15) is 35.5 Å². The van der Waals surface area contributed by atoms with Gasteiger partial charge in [-0.3, -0.25) is 4.68 Å². The van der Waals surface area contributed by atoms with Crippen molar-refractivity contribution in [2.24, 2.45) is 7.05 Å². The predicted octanol–water partition coefficient (Wildman–Crippen LogP) is 2.86. The third kappa shape index (κ3) is 2.76.